The normalized spacial score (nSPS) is 11.7. The molecule has 0 N–H and O–H groups in total. The van der Waals surface area contributed by atoms with E-state index in [1.807, 2.05) is 74.6 Å². The number of rotatable bonds is 6. The molecule has 0 atom stereocenters. The van der Waals surface area contributed by atoms with Crippen LogP contribution in [0.3, 0.4) is 0 Å². The van der Waals surface area contributed by atoms with Crippen molar-refractivity contribution in [3.63, 3.8) is 0 Å². The molecule has 0 saturated carbocycles. The van der Waals surface area contributed by atoms with Gasteiger partial charge in [-0.2, -0.15) is 0 Å². The molecule has 0 bridgehead atoms. The zero-order valence-electron chi connectivity index (χ0n) is 30.5. The molecule has 51 heavy (non-hydrogen) atoms. The van der Waals surface area contributed by atoms with Crippen LogP contribution in [0.5, 0.6) is 0 Å². The van der Waals surface area contributed by atoms with E-state index in [9.17, 15) is 0 Å². The summed E-state index contributed by atoms with van der Waals surface area (Å²) in [6, 6.07) is 52.0. The van der Waals surface area contributed by atoms with Gasteiger partial charge in [-0.15, -0.1) is 54.1 Å². The van der Waals surface area contributed by atoms with Crippen LogP contribution >= 0.6 is 0 Å². The molecule has 0 aliphatic rings. The van der Waals surface area contributed by atoms with Crippen molar-refractivity contribution in [3.05, 3.63) is 164 Å². The fourth-order valence-electron chi connectivity index (χ4n) is 6.02. The van der Waals surface area contributed by atoms with E-state index >= 15 is 0 Å². The van der Waals surface area contributed by atoms with Gasteiger partial charge in [0, 0.05) is 39.3 Å². The number of furan rings is 1. The number of hydrogen-bond acceptors (Lipinski definition) is 3. The molecule has 1 radical (unpaired) electrons. The van der Waals surface area contributed by atoms with Gasteiger partial charge in [-0.05, 0) is 56.9 Å². The molecular weight excluding hydrogens is 817 g/mol. The van der Waals surface area contributed by atoms with Crippen LogP contribution < -0.4 is 5.19 Å². The molecule has 0 unspecified atom stereocenters. The molecule has 0 fully saturated rings. The summed E-state index contributed by atoms with van der Waals surface area (Å²) in [5, 5.41) is 3.50. The van der Waals surface area contributed by atoms with Crippen LogP contribution in [0.25, 0.3) is 66.7 Å². The Hall–Kier alpha value is -4.93. The zero-order valence-corrected chi connectivity index (χ0v) is 32.9. The van der Waals surface area contributed by atoms with Crippen LogP contribution in [0.4, 0.5) is 0 Å². The first-order chi connectivity index (χ1) is 24.5. The second-order valence-electron chi connectivity index (χ2n) is 13.7. The summed E-state index contributed by atoms with van der Waals surface area (Å²) in [4.78, 5) is 9.09. The average molecular weight is 858 g/mol. The second-order valence-corrected chi connectivity index (χ2v) is 18.8. The van der Waals surface area contributed by atoms with Crippen LogP contribution in [-0.2, 0) is 20.1 Å². The minimum Gasteiger partial charge on any atom is -0.501 e. The van der Waals surface area contributed by atoms with Crippen molar-refractivity contribution in [2.24, 2.45) is 0 Å². The molecule has 5 aromatic carbocycles. The fourth-order valence-corrected chi connectivity index (χ4v) is 7.06. The Labute approximate surface area is 317 Å². The van der Waals surface area contributed by atoms with Gasteiger partial charge < -0.3 is 14.4 Å². The number of fused-ring (bicyclic) bond motifs is 3. The average Bonchev–Trinajstić information content (AvgIpc) is 3.54. The fraction of sp³-hybridized carbons (Fsp3) is 0.130. The number of hydrogen-bond donors (Lipinski definition) is 0. The molecule has 0 aliphatic heterocycles. The third-order valence-electron chi connectivity index (χ3n) is 8.97. The molecule has 8 rings (SSSR count). The van der Waals surface area contributed by atoms with Gasteiger partial charge in [-0.3, -0.25) is 0 Å². The van der Waals surface area contributed by atoms with E-state index < -0.39 is 14.0 Å². The maximum absolute atomic E-state index is 8.39. The Kier molecular flexibility index (Phi) is 10.5. The number of aromatic nitrogens is 2. The van der Waals surface area contributed by atoms with E-state index in [4.69, 9.17) is 5.79 Å². The first-order valence-electron chi connectivity index (χ1n) is 17.5. The maximum Gasteiger partial charge on any atom is 0.121 e. The van der Waals surface area contributed by atoms with Crippen LogP contribution in [0.2, 0.25) is 19.6 Å². The first kappa shape index (κ1) is 34.5. The smallest absolute Gasteiger partial charge is 0.121 e. The van der Waals surface area contributed by atoms with Crippen molar-refractivity contribution in [3.8, 4) is 44.8 Å². The summed E-state index contributed by atoms with van der Waals surface area (Å²) in [5.41, 5.74) is 10.8. The van der Waals surface area contributed by atoms with Gasteiger partial charge in [-0.25, -0.2) is 0 Å². The second kappa shape index (κ2) is 15.5. The molecule has 0 aliphatic carbocycles. The van der Waals surface area contributed by atoms with Gasteiger partial charge >= 0.3 is 0 Å². The zero-order chi connectivity index (χ0) is 35.6. The molecule has 8 aromatic rings. The number of pyridine rings is 2. The third-order valence-corrected chi connectivity index (χ3v) is 11.0. The van der Waals surface area contributed by atoms with Crippen LogP contribution in [0, 0.1) is 12.1 Å². The van der Waals surface area contributed by atoms with Crippen LogP contribution in [0.1, 0.15) is 26.7 Å². The van der Waals surface area contributed by atoms with E-state index in [2.05, 4.69) is 121 Å². The predicted octanol–water partition coefficient (Wildman–Crippen LogP) is 12.0. The summed E-state index contributed by atoms with van der Waals surface area (Å²) in [6.45, 7) is 10.8. The van der Waals surface area contributed by atoms with Gasteiger partial charge in [0.1, 0.15) is 5.58 Å². The summed E-state index contributed by atoms with van der Waals surface area (Å²) in [6.07, 6.45) is 3.77. The van der Waals surface area contributed by atoms with Crippen molar-refractivity contribution in [2.75, 3.05) is 0 Å². The molecule has 0 saturated heterocycles. The van der Waals surface area contributed by atoms with Crippen molar-refractivity contribution in [1.82, 2.24) is 9.97 Å². The molecule has 3 nitrogen and oxygen atoms in total. The van der Waals surface area contributed by atoms with Crippen molar-refractivity contribution >= 4 is 35.2 Å². The topological polar surface area (TPSA) is 38.9 Å². The molecule has 0 amide bonds. The minimum atomic E-state index is -1.23. The largest absolute Gasteiger partial charge is 0.501 e. The van der Waals surface area contributed by atoms with Gasteiger partial charge in [0.05, 0.1) is 13.7 Å². The quantitative estimate of drug-likeness (QED) is 0.124. The summed E-state index contributed by atoms with van der Waals surface area (Å²) >= 11 is 0. The Morgan fingerprint density at radius 1 is 0.647 bits per heavy atom. The van der Waals surface area contributed by atoms with Crippen molar-refractivity contribution in [2.45, 2.75) is 39.4 Å². The van der Waals surface area contributed by atoms with Crippen molar-refractivity contribution < 1.29 is 25.9 Å². The standard InChI is InChI=1S/C32H24NO.C14H16NSi.Ir/c1-21(2)25-17-18-33-30(19-25)29-10-6-9-28-27-16-15-26(20-31(27)34-32(28)29)24-13-11-23(12-14-24)22-7-4-3-5-8-22;1-16(2,3)13-9-10-14(15-11-13)12-7-5-4-6-8-12;/h3-9,11-21H,1-2H3;4-7,9-11H,1-3H3;/q2*-1;/i21D;;. The van der Waals surface area contributed by atoms with Gasteiger partial charge in [0.15, 0.2) is 0 Å². The van der Waals surface area contributed by atoms with E-state index in [0.29, 0.717) is 0 Å². The Morgan fingerprint density at radius 3 is 2.02 bits per heavy atom. The first-order valence-corrected chi connectivity index (χ1v) is 20.5. The predicted molar refractivity (Wildman–Crippen MR) is 212 cm³/mol. The van der Waals surface area contributed by atoms with E-state index in [-0.39, 0.29) is 20.1 Å². The van der Waals surface area contributed by atoms with E-state index in [0.717, 1.165) is 61.1 Å². The molecule has 5 heteroatoms. The van der Waals surface area contributed by atoms with Gasteiger partial charge in [-0.1, -0.05) is 135 Å². The molecule has 3 aromatic heterocycles. The molecule has 3 heterocycles. The maximum atomic E-state index is 8.39. The Morgan fingerprint density at radius 2 is 1.35 bits per heavy atom. The van der Waals surface area contributed by atoms with E-state index in [1.54, 1.807) is 6.20 Å². The molecule has 255 valence electrons. The van der Waals surface area contributed by atoms with Crippen molar-refractivity contribution in [1.29, 1.82) is 0 Å². The summed E-state index contributed by atoms with van der Waals surface area (Å²) < 4.78 is 14.8. The Balaban J connectivity index is 0.000000230. The van der Waals surface area contributed by atoms with Crippen LogP contribution in [-0.4, -0.2) is 18.0 Å². The van der Waals surface area contributed by atoms with Gasteiger partial charge in [0.25, 0.3) is 0 Å². The van der Waals surface area contributed by atoms with E-state index in [1.165, 1.54) is 16.3 Å². The summed E-state index contributed by atoms with van der Waals surface area (Å²) in [5.74, 6) is -0.704. The third kappa shape index (κ3) is 8.02. The Bertz CT molecular complexity index is 2410. The molecule has 0 spiro atoms. The summed E-state index contributed by atoms with van der Waals surface area (Å²) in [7, 11) is -1.23. The molecular formula is C46H40IrN2OSi-2. The van der Waals surface area contributed by atoms with Crippen LogP contribution in [0.15, 0.2) is 150 Å². The van der Waals surface area contributed by atoms with Gasteiger partial charge in [0.2, 0.25) is 0 Å². The number of nitrogens with zero attached hydrogens (tertiary/aromatic N) is 2. The minimum absolute atomic E-state index is 0. The SMILES string of the molecule is C[Si](C)(C)c1ccc(-c2[c-]cccc2)nc1.[2H]C(C)(C)c1ccnc(-c2[c-]ccc3c2oc2cc(-c4ccc(-c5ccccc5)cc4)ccc23)c1.[Ir]. The monoisotopic (exact) mass is 858 g/mol. The number of benzene rings is 5.